The topological polar surface area (TPSA) is 131 Å². The van der Waals surface area contributed by atoms with Crippen LogP contribution in [0.4, 0.5) is 24.9 Å². The van der Waals surface area contributed by atoms with Gasteiger partial charge in [0.15, 0.2) is 0 Å². The van der Waals surface area contributed by atoms with Crippen LogP contribution in [0.2, 0.25) is 5.02 Å². The Morgan fingerprint density at radius 1 is 1.20 bits per heavy atom. The minimum Gasteiger partial charge on any atom is -0.480 e. The fourth-order valence-corrected chi connectivity index (χ4v) is 5.94. The lowest BCUT2D eigenvalue weighted by Gasteiger charge is -2.39. The van der Waals surface area contributed by atoms with Crippen molar-refractivity contribution in [3.8, 4) is 11.6 Å². The Kier molecular flexibility index (Phi) is 6.97. The number of hydrogen-bond donors (Lipinski definition) is 3. The molecule has 0 amide bonds. The number of carboxylic acids is 1. The number of alkyl halides is 3. The summed E-state index contributed by atoms with van der Waals surface area (Å²) in [7, 11) is 0. The summed E-state index contributed by atoms with van der Waals surface area (Å²) in [5.41, 5.74) is 6.58. The van der Waals surface area contributed by atoms with Crippen molar-refractivity contribution in [1.29, 1.82) is 0 Å². The summed E-state index contributed by atoms with van der Waals surface area (Å²) in [6, 6.07) is 6.67. The zero-order chi connectivity index (χ0) is 28.9. The summed E-state index contributed by atoms with van der Waals surface area (Å²) in [6.07, 6.45) is -1.61. The van der Waals surface area contributed by atoms with E-state index in [2.05, 4.69) is 20.4 Å². The van der Waals surface area contributed by atoms with Crippen LogP contribution in [-0.2, 0) is 4.79 Å². The van der Waals surface area contributed by atoms with Gasteiger partial charge in [0, 0.05) is 48.4 Å². The maximum absolute atomic E-state index is 14.5. The Hall–Kier alpha value is -3.58. The van der Waals surface area contributed by atoms with E-state index < -0.39 is 24.3 Å². The highest BCUT2D eigenvalue weighted by molar-refractivity contribution is 6.30. The molecule has 1 aromatic carbocycles. The Labute approximate surface area is 238 Å². The third-order valence-corrected chi connectivity index (χ3v) is 8.41. The Morgan fingerprint density at radius 2 is 1.95 bits per heavy atom. The first kappa shape index (κ1) is 27.6. The second-order valence-corrected chi connectivity index (χ2v) is 11.5. The maximum atomic E-state index is 14.5. The van der Waals surface area contributed by atoms with Gasteiger partial charge in [0.1, 0.15) is 11.9 Å². The third kappa shape index (κ3) is 5.78. The van der Waals surface area contributed by atoms with Crippen molar-refractivity contribution in [3.05, 3.63) is 52.8 Å². The van der Waals surface area contributed by atoms with Crippen molar-refractivity contribution in [1.82, 2.24) is 25.1 Å². The molecule has 0 bridgehead atoms. The molecule has 2 unspecified atom stereocenters. The molecule has 4 N–H and O–H groups in total. The van der Waals surface area contributed by atoms with Crippen LogP contribution in [-0.4, -0.2) is 62.7 Å². The van der Waals surface area contributed by atoms with Crippen LogP contribution in [0.25, 0.3) is 5.69 Å². The van der Waals surface area contributed by atoms with E-state index in [1.54, 1.807) is 12.3 Å². The number of nitrogens with two attached hydrogens (primary N) is 1. The summed E-state index contributed by atoms with van der Waals surface area (Å²) >= 11 is 6.18. The highest BCUT2D eigenvalue weighted by Gasteiger charge is 2.46. The van der Waals surface area contributed by atoms with E-state index in [9.17, 15) is 23.1 Å². The van der Waals surface area contributed by atoms with Crippen LogP contribution in [0.1, 0.15) is 55.4 Å². The molecule has 3 fully saturated rings. The Bertz CT molecular complexity index is 1450. The van der Waals surface area contributed by atoms with Gasteiger partial charge in [-0.2, -0.15) is 28.2 Å². The lowest BCUT2D eigenvalue weighted by molar-refractivity contribution is -0.198. The van der Waals surface area contributed by atoms with E-state index in [4.69, 9.17) is 22.1 Å². The number of aromatic nitrogens is 4. The van der Waals surface area contributed by atoms with Gasteiger partial charge in [-0.25, -0.2) is 4.68 Å². The van der Waals surface area contributed by atoms with Gasteiger partial charge in [0.05, 0.1) is 11.4 Å². The first-order valence-corrected chi connectivity index (χ1v) is 13.8. The molecule has 41 heavy (non-hydrogen) atoms. The number of carbonyl (C=O) groups is 1. The van der Waals surface area contributed by atoms with Crippen molar-refractivity contribution in [2.45, 2.75) is 56.3 Å². The summed E-state index contributed by atoms with van der Waals surface area (Å²) < 4.78 is 50.5. The normalized spacial score (nSPS) is 21.3. The zero-order valence-electron chi connectivity index (χ0n) is 21.9. The predicted octanol–water partition coefficient (Wildman–Crippen LogP) is 4.49. The van der Waals surface area contributed by atoms with Crippen molar-refractivity contribution in [2.24, 2.45) is 5.41 Å². The Morgan fingerprint density at radius 3 is 2.61 bits per heavy atom. The number of halogens is 4. The van der Waals surface area contributed by atoms with Crippen LogP contribution < -0.4 is 20.7 Å². The van der Waals surface area contributed by atoms with Crippen molar-refractivity contribution in [2.75, 3.05) is 30.3 Å². The second kappa shape index (κ2) is 10.4. The quantitative estimate of drug-likeness (QED) is 0.364. The monoisotopic (exact) mass is 591 g/mol. The summed E-state index contributed by atoms with van der Waals surface area (Å²) in [5, 5.41) is 17.2. The second-order valence-electron chi connectivity index (χ2n) is 11.1. The van der Waals surface area contributed by atoms with Crippen LogP contribution >= 0.6 is 11.6 Å². The number of benzene rings is 1. The number of nitrogens with one attached hydrogen (secondary N) is 1. The highest BCUT2D eigenvalue weighted by Crippen LogP contribution is 2.43. The molecule has 218 valence electrons. The fraction of sp³-hybridized carbons (Fsp3) is 0.481. The lowest BCUT2D eigenvalue weighted by atomic mass is 9.76. The van der Waals surface area contributed by atoms with Crippen LogP contribution in [0.15, 0.2) is 36.5 Å². The summed E-state index contributed by atoms with van der Waals surface area (Å²) in [5.74, 6) is -0.729. The molecular formula is C27H29ClF3N7O3. The van der Waals surface area contributed by atoms with Gasteiger partial charge in [0.25, 0.3) is 0 Å². The van der Waals surface area contributed by atoms with Crippen molar-refractivity contribution < 1.29 is 27.8 Å². The molecular weight excluding hydrogens is 563 g/mol. The van der Waals surface area contributed by atoms with E-state index in [-0.39, 0.29) is 33.5 Å². The van der Waals surface area contributed by atoms with Gasteiger partial charge < -0.3 is 25.8 Å². The average molecular weight is 592 g/mol. The molecule has 1 aliphatic carbocycles. The zero-order valence-corrected chi connectivity index (χ0v) is 22.7. The average Bonchev–Trinajstić information content (AvgIpc) is 3.50. The number of nitrogens with zero attached hydrogens (tertiary/aromatic N) is 5. The van der Waals surface area contributed by atoms with Gasteiger partial charge in [-0.3, -0.25) is 4.79 Å². The molecule has 0 radical (unpaired) electrons. The van der Waals surface area contributed by atoms with Gasteiger partial charge in [-0.15, -0.1) is 0 Å². The minimum atomic E-state index is -4.80. The van der Waals surface area contributed by atoms with E-state index in [0.717, 1.165) is 18.5 Å². The van der Waals surface area contributed by atoms with Gasteiger partial charge in [-0.05, 0) is 55.7 Å². The van der Waals surface area contributed by atoms with Crippen LogP contribution in [0, 0.1) is 5.41 Å². The van der Waals surface area contributed by atoms with Gasteiger partial charge >= 0.3 is 12.1 Å². The van der Waals surface area contributed by atoms with E-state index in [0.29, 0.717) is 50.6 Å². The molecule has 10 nitrogen and oxygen atoms in total. The number of rotatable bonds is 7. The number of carboxylic acid groups (broad SMARTS) is 1. The number of anilines is 2. The molecule has 3 aliphatic rings. The highest BCUT2D eigenvalue weighted by atomic mass is 35.5. The largest absolute Gasteiger partial charge is 0.480 e. The SMILES string of the molecule is Nc1nc(OC(c2ccc(Cl)cc2-n2ccc(C3CC3)n2)C(F)(F)F)cc(N2CCC3(CC2)CNC(C(=O)O)C3)n1. The third-order valence-electron chi connectivity index (χ3n) is 8.18. The van der Waals surface area contributed by atoms with Crippen molar-refractivity contribution >= 4 is 29.3 Å². The molecule has 2 saturated heterocycles. The maximum Gasteiger partial charge on any atom is 0.429 e. The predicted molar refractivity (Wildman–Crippen MR) is 144 cm³/mol. The van der Waals surface area contributed by atoms with E-state index in [1.165, 1.54) is 28.9 Å². The number of piperidine rings is 1. The summed E-state index contributed by atoms with van der Waals surface area (Å²) in [4.78, 5) is 21.5. The first-order valence-electron chi connectivity index (χ1n) is 13.4. The lowest BCUT2D eigenvalue weighted by Crippen LogP contribution is -2.41. The number of ether oxygens (including phenoxy) is 1. The van der Waals surface area contributed by atoms with E-state index in [1.807, 2.05) is 4.90 Å². The smallest absolute Gasteiger partial charge is 0.429 e. The number of nitrogen functional groups attached to an aromatic ring is 1. The molecule has 2 atom stereocenters. The number of hydrogen-bond acceptors (Lipinski definition) is 8. The Balaban J connectivity index is 1.25. The molecule has 6 rings (SSSR count). The van der Waals surface area contributed by atoms with Gasteiger partial charge in [0.2, 0.25) is 17.9 Å². The molecule has 1 spiro atoms. The number of aliphatic carboxylic acids is 1. The molecule has 3 aromatic rings. The molecule has 4 heterocycles. The molecule has 14 heteroatoms. The first-order chi connectivity index (χ1) is 19.5. The van der Waals surface area contributed by atoms with Gasteiger partial charge in [-0.1, -0.05) is 17.7 Å². The molecule has 1 saturated carbocycles. The standard InChI is InChI=1S/C27H29ClF3N7O3/c28-16-3-4-17(20(11-16)38-8-5-18(36-38)15-1-2-15)23(27(29,30)31)41-22-12-21(34-25(32)35-22)37-9-6-26(7-10-37)13-19(24(39)40)33-14-26/h3-5,8,11-12,15,19,23,33H,1-2,6-7,9-10,13-14H2,(H,39,40)(H2,32,34,35). The fourth-order valence-electron chi connectivity index (χ4n) is 5.77. The molecule has 2 aliphatic heterocycles. The molecule has 2 aromatic heterocycles. The minimum absolute atomic E-state index is 0.143. The van der Waals surface area contributed by atoms with Crippen molar-refractivity contribution in [3.63, 3.8) is 0 Å². The summed E-state index contributed by atoms with van der Waals surface area (Å²) in [6.45, 7) is 1.68. The van der Waals surface area contributed by atoms with E-state index >= 15 is 0 Å². The van der Waals surface area contributed by atoms with Crippen LogP contribution in [0.5, 0.6) is 5.88 Å². The van der Waals surface area contributed by atoms with Crippen LogP contribution in [0.3, 0.4) is 0 Å².